The van der Waals surface area contributed by atoms with Crippen LogP contribution in [0.2, 0.25) is 0 Å². The van der Waals surface area contributed by atoms with Gasteiger partial charge in [0.25, 0.3) is 0 Å². The van der Waals surface area contributed by atoms with Crippen LogP contribution in [-0.4, -0.2) is 9.97 Å². The molecule has 3 aromatic rings. The number of aromatic nitrogens is 2. The third-order valence-corrected chi connectivity index (χ3v) is 3.88. The molecule has 0 aliphatic carbocycles. The molecule has 0 bridgehead atoms. The Balaban J connectivity index is 1.85. The highest BCUT2D eigenvalue weighted by atomic mass is 32.1. The van der Waals surface area contributed by atoms with Crippen LogP contribution in [0.3, 0.4) is 0 Å². The van der Waals surface area contributed by atoms with Crippen molar-refractivity contribution in [3.63, 3.8) is 0 Å². The van der Waals surface area contributed by atoms with Crippen molar-refractivity contribution in [1.82, 2.24) is 9.97 Å². The topological polar surface area (TPSA) is 84.8 Å². The number of nitriles is 1. The Labute approximate surface area is 125 Å². The fraction of sp³-hybridized carbons (Fsp3) is 0.133. The van der Waals surface area contributed by atoms with Gasteiger partial charge < -0.3 is 10.5 Å². The molecule has 0 amide bonds. The van der Waals surface area contributed by atoms with E-state index in [-0.39, 0.29) is 6.61 Å². The summed E-state index contributed by atoms with van der Waals surface area (Å²) < 4.78 is 5.72. The lowest BCUT2D eigenvalue weighted by molar-refractivity contribution is 0.294. The van der Waals surface area contributed by atoms with Gasteiger partial charge in [-0.25, -0.2) is 9.97 Å². The van der Waals surface area contributed by atoms with Crippen LogP contribution in [0.25, 0.3) is 10.2 Å². The molecule has 0 atom stereocenters. The zero-order valence-electron chi connectivity index (χ0n) is 11.3. The summed E-state index contributed by atoms with van der Waals surface area (Å²) in [5.74, 6) is 1.65. The van der Waals surface area contributed by atoms with Crippen molar-refractivity contribution in [3.05, 3.63) is 46.6 Å². The summed E-state index contributed by atoms with van der Waals surface area (Å²) in [5, 5.41) is 11.7. The average molecular weight is 296 g/mol. The molecule has 2 N–H and O–H groups in total. The van der Waals surface area contributed by atoms with Crippen LogP contribution in [0.1, 0.15) is 17.0 Å². The maximum Gasteiger partial charge on any atom is 0.169 e. The highest BCUT2D eigenvalue weighted by molar-refractivity contribution is 7.16. The van der Waals surface area contributed by atoms with E-state index in [9.17, 15) is 0 Å². The number of hydrogen-bond donors (Lipinski definition) is 1. The molecule has 21 heavy (non-hydrogen) atoms. The Kier molecular flexibility index (Phi) is 3.42. The van der Waals surface area contributed by atoms with Crippen LogP contribution in [0.4, 0.5) is 5.82 Å². The molecule has 0 saturated heterocycles. The summed E-state index contributed by atoms with van der Waals surface area (Å²) in [7, 11) is 0. The molecule has 0 saturated carbocycles. The molecule has 104 valence electrons. The molecule has 0 spiro atoms. The van der Waals surface area contributed by atoms with Gasteiger partial charge in [-0.05, 0) is 36.1 Å². The SMILES string of the molecule is Cc1ccc(C#N)cc1OCc1nc(N)c2ccsc2n1. The van der Waals surface area contributed by atoms with Crippen LogP contribution in [0.5, 0.6) is 5.75 Å². The first-order valence-electron chi connectivity index (χ1n) is 6.30. The van der Waals surface area contributed by atoms with E-state index in [0.717, 1.165) is 15.8 Å². The minimum Gasteiger partial charge on any atom is -0.485 e. The van der Waals surface area contributed by atoms with E-state index >= 15 is 0 Å². The Morgan fingerprint density at radius 1 is 1.33 bits per heavy atom. The number of rotatable bonds is 3. The number of thiophene rings is 1. The minimum atomic E-state index is 0.216. The van der Waals surface area contributed by atoms with E-state index < -0.39 is 0 Å². The lowest BCUT2D eigenvalue weighted by Crippen LogP contribution is -2.04. The van der Waals surface area contributed by atoms with Gasteiger partial charge in [0.15, 0.2) is 5.82 Å². The van der Waals surface area contributed by atoms with E-state index in [2.05, 4.69) is 16.0 Å². The third-order valence-electron chi connectivity index (χ3n) is 3.07. The third kappa shape index (κ3) is 2.64. The Morgan fingerprint density at radius 3 is 3.00 bits per heavy atom. The van der Waals surface area contributed by atoms with E-state index in [1.807, 2.05) is 24.4 Å². The quantitative estimate of drug-likeness (QED) is 0.803. The number of nitrogens with zero attached hydrogens (tertiary/aromatic N) is 3. The van der Waals surface area contributed by atoms with Gasteiger partial charge in [0.05, 0.1) is 17.0 Å². The van der Waals surface area contributed by atoms with Crippen molar-refractivity contribution < 1.29 is 4.74 Å². The number of hydrogen-bond acceptors (Lipinski definition) is 6. The number of anilines is 1. The van der Waals surface area contributed by atoms with Crippen molar-refractivity contribution in [2.45, 2.75) is 13.5 Å². The van der Waals surface area contributed by atoms with E-state index in [1.54, 1.807) is 12.1 Å². The molecule has 2 heterocycles. The van der Waals surface area contributed by atoms with E-state index in [0.29, 0.717) is 23.0 Å². The summed E-state index contributed by atoms with van der Waals surface area (Å²) >= 11 is 1.52. The largest absolute Gasteiger partial charge is 0.485 e. The second-order valence-corrected chi connectivity index (χ2v) is 5.44. The molecular formula is C15H12N4OS. The maximum absolute atomic E-state index is 8.92. The predicted octanol–water partition coefficient (Wildman–Crippen LogP) is 3.03. The minimum absolute atomic E-state index is 0.216. The lowest BCUT2D eigenvalue weighted by atomic mass is 10.1. The Morgan fingerprint density at radius 2 is 2.19 bits per heavy atom. The fourth-order valence-corrected chi connectivity index (χ4v) is 2.75. The fourth-order valence-electron chi connectivity index (χ4n) is 1.96. The zero-order chi connectivity index (χ0) is 14.8. The van der Waals surface area contributed by atoms with Gasteiger partial charge in [0, 0.05) is 0 Å². The van der Waals surface area contributed by atoms with Crippen LogP contribution in [0.15, 0.2) is 29.6 Å². The van der Waals surface area contributed by atoms with Gasteiger partial charge >= 0.3 is 0 Å². The number of benzene rings is 1. The predicted molar refractivity (Wildman–Crippen MR) is 82.1 cm³/mol. The van der Waals surface area contributed by atoms with Gasteiger partial charge in [-0.2, -0.15) is 5.26 Å². The van der Waals surface area contributed by atoms with Crippen LogP contribution < -0.4 is 10.5 Å². The standard InChI is InChI=1S/C15H12N4OS/c1-9-2-3-10(7-16)6-12(9)20-8-13-18-14(17)11-4-5-21-15(11)19-13/h2-6H,8H2,1H3,(H2,17,18,19). The lowest BCUT2D eigenvalue weighted by Gasteiger charge is -2.09. The second kappa shape index (κ2) is 5.38. The number of nitrogens with two attached hydrogens (primary N) is 1. The Bertz CT molecular complexity index is 850. The molecular weight excluding hydrogens is 284 g/mol. The molecule has 1 aromatic carbocycles. The summed E-state index contributed by atoms with van der Waals surface area (Å²) in [6, 6.07) is 9.32. The zero-order valence-corrected chi connectivity index (χ0v) is 12.1. The number of nitrogen functional groups attached to an aromatic ring is 1. The average Bonchev–Trinajstić information content (AvgIpc) is 2.95. The molecule has 2 aromatic heterocycles. The van der Waals surface area contributed by atoms with Crippen molar-refractivity contribution in [3.8, 4) is 11.8 Å². The smallest absolute Gasteiger partial charge is 0.169 e. The normalized spacial score (nSPS) is 10.5. The van der Waals surface area contributed by atoms with Crippen LogP contribution >= 0.6 is 11.3 Å². The first-order valence-corrected chi connectivity index (χ1v) is 7.18. The Hall–Kier alpha value is -2.65. The highest BCUT2D eigenvalue weighted by Gasteiger charge is 2.08. The summed E-state index contributed by atoms with van der Waals surface area (Å²) in [6.45, 7) is 2.14. The number of aryl methyl sites for hydroxylation is 1. The van der Waals surface area contributed by atoms with Gasteiger partial charge in [-0.15, -0.1) is 11.3 Å². The molecule has 5 nitrogen and oxygen atoms in total. The summed E-state index contributed by atoms with van der Waals surface area (Å²) in [4.78, 5) is 9.52. The molecule has 3 rings (SSSR count). The van der Waals surface area contributed by atoms with Crippen molar-refractivity contribution in [2.75, 3.05) is 5.73 Å². The molecule has 0 radical (unpaired) electrons. The first-order chi connectivity index (χ1) is 10.2. The molecule has 0 aliphatic rings. The second-order valence-electron chi connectivity index (χ2n) is 4.55. The molecule has 0 fully saturated rings. The van der Waals surface area contributed by atoms with Crippen LogP contribution in [-0.2, 0) is 6.61 Å². The molecule has 6 heteroatoms. The van der Waals surface area contributed by atoms with Gasteiger partial charge in [0.2, 0.25) is 0 Å². The van der Waals surface area contributed by atoms with Gasteiger partial charge in [-0.3, -0.25) is 0 Å². The number of fused-ring (bicyclic) bond motifs is 1. The van der Waals surface area contributed by atoms with E-state index in [1.165, 1.54) is 11.3 Å². The van der Waals surface area contributed by atoms with Crippen molar-refractivity contribution >= 4 is 27.4 Å². The summed E-state index contributed by atoms with van der Waals surface area (Å²) in [5.41, 5.74) is 7.42. The monoisotopic (exact) mass is 296 g/mol. The number of ether oxygens (including phenoxy) is 1. The van der Waals surface area contributed by atoms with Gasteiger partial charge in [-0.1, -0.05) is 6.07 Å². The molecule has 0 aliphatic heterocycles. The van der Waals surface area contributed by atoms with Crippen molar-refractivity contribution in [2.24, 2.45) is 0 Å². The maximum atomic E-state index is 8.92. The van der Waals surface area contributed by atoms with Gasteiger partial charge in [0.1, 0.15) is 23.0 Å². The molecule has 0 unspecified atom stereocenters. The van der Waals surface area contributed by atoms with E-state index in [4.69, 9.17) is 15.7 Å². The van der Waals surface area contributed by atoms with Crippen LogP contribution in [0, 0.1) is 18.3 Å². The van der Waals surface area contributed by atoms with Crippen molar-refractivity contribution in [1.29, 1.82) is 5.26 Å². The highest BCUT2D eigenvalue weighted by Crippen LogP contribution is 2.24. The summed E-state index contributed by atoms with van der Waals surface area (Å²) in [6.07, 6.45) is 0. The first kappa shape index (κ1) is 13.3.